The van der Waals surface area contributed by atoms with E-state index in [9.17, 15) is 18.0 Å². The summed E-state index contributed by atoms with van der Waals surface area (Å²) in [5, 5.41) is 0. The number of amides is 2. The van der Waals surface area contributed by atoms with E-state index >= 15 is 0 Å². The van der Waals surface area contributed by atoms with Crippen molar-refractivity contribution >= 4 is 21.8 Å². The van der Waals surface area contributed by atoms with Gasteiger partial charge >= 0.3 is 0 Å². The number of rotatable bonds is 12. The van der Waals surface area contributed by atoms with Crippen LogP contribution in [0.25, 0.3) is 0 Å². The highest BCUT2D eigenvalue weighted by atomic mass is 32.2. The third-order valence-electron chi connectivity index (χ3n) is 6.09. The zero-order chi connectivity index (χ0) is 23.4. The monoisotopic (exact) mass is 470 g/mol. The van der Waals surface area contributed by atoms with Crippen molar-refractivity contribution in [1.29, 1.82) is 0 Å². The van der Waals surface area contributed by atoms with E-state index in [1.807, 2.05) is 25.1 Å². The van der Waals surface area contributed by atoms with Crippen LogP contribution in [0.5, 0.6) is 5.75 Å². The van der Waals surface area contributed by atoms with Crippen molar-refractivity contribution in [2.75, 3.05) is 18.9 Å². The summed E-state index contributed by atoms with van der Waals surface area (Å²) in [6.45, 7) is 3.22. The van der Waals surface area contributed by atoms with Gasteiger partial charge in [-0.15, -0.1) is 0 Å². The van der Waals surface area contributed by atoms with E-state index in [0.29, 0.717) is 42.9 Å². The minimum Gasteiger partial charge on any atom is -0.493 e. The summed E-state index contributed by atoms with van der Waals surface area (Å²) in [7, 11) is -3.42. The fraction of sp³-hybridized carbons (Fsp3) is 0.440. The summed E-state index contributed by atoms with van der Waals surface area (Å²) >= 11 is 0. The van der Waals surface area contributed by atoms with E-state index in [4.69, 9.17) is 4.74 Å². The summed E-state index contributed by atoms with van der Waals surface area (Å²) < 4.78 is 33.3. The van der Waals surface area contributed by atoms with Crippen LogP contribution < -0.4 is 9.46 Å². The van der Waals surface area contributed by atoms with Crippen LogP contribution >= 0.6 is 0 Å². The lowest BCUT2D eigenvalue weighted by Crippen LogP contribution is -2.31. The van der Waals surface area contributed by atoms with E-state index < -0.39 is 10.0 Å². The highest BCUT2D eigenvalue weighted by molar-refractivity contribution is 7.89. The van der Waals surface area contributed by atoms with Crippen LogP contribution in [0.4, 0.5) is 0 Å². The fourth-order valence-electron chi connectivity index (χ4n) is 3.85. The smallest absolute Gasteiger partial charge is 0.261 e. The Balaban J connectivity index is 1.18. The number of fused-ring (bicyclic) bond motifs is 1. The lowest BCUT2D eigenvalue weighted by atomic mass is 10.1. The van der Waals surface area contributed by atoms with Crippen LogP contribution in [0, 0.1) is 12.8 Å². The van der Waals surface area contributed by atoms with E-state index in [-0.39, 0.29) is 24.1 Å². The zero-order valence-corrected chi connectivity index (χ0v) is 19.7. The second kappa shape index (κ2) is 10.1. The number of nitrogens with zero attached hydrogens (tertiary/aromatic N) is 1. The topological polar surface area (TPSA) is 92.8 Å². The molecule has 2 aromatic carbocycles. The van der Waals surface area contributed by atoms with Crippen molar-refractivity contribution in [3.63, 3.8) is 0 Å². The molecular weight excluding hydrogens is 440 g/mol. The molecular formula is C25H30N2O5S. The lowest BCUT2D eigenvalue weighted by Gasteiger charge is -2.13. The van der Waals surface area contributed by atoms with Gasteiger partial charge in [-0.3, -0.25) is 14.5 Å². The van der Waals surface area contributed by atoms with Gasteiger partial charge in [0.1, 0.15) is 5.75 Å². The predicted molar refractivity (Wildman–Crippen MR) is 126 cm³/mol. The molecule has 7 nitrogen and oxygen atoms in total. The van der Waals surface area contributed by atoms with Gasteiger partial charge in [0.15, 0.2) is 0 Å². The van der Waals surface area contributed by atoms with Gasteiger partial charge in [-0.05, 0) is 67.9 Å². The standard InChI is InChI=1S/C25H30N2O5S/c1-18-9-10-20(15-23(18)32-17-19-11-12-19)16-26-33(30,31)14-6-2-5-13-27-24(28)21-7-3-4-8-22(21)25(27)29/h3-4,7-10,15,19,26H,2,5-6,11-14,16-17H2,1H3. The van der Waals surface area contributed by atoms with Crippen molar-refractivity contribution in [2.24, 2.45) is 5.92 Å². The number of carbonyl (C=O) groups is 2. The fourth-order valence-corrected chi connectivity index (χ4v) is 4.96. The molecule has 0 atom stereocenters. The number of hydrogen-bond donors (Lipinski definition) is 1. The Labute approximate surface area is 195 Å². The Hall–Kier alpha value is -2.71. The number of sulfonamides is 1. The zero-order valence-electron chi connectivity index (χ0n) is 18.9. The quantitative estimate of drug-likeness (QED) is 0.377. The molecule has 2 amide bonds. The third-order valence-corrected chi connectivity index (χ3v) is 7.50. The van der Waals surface area contributed by atoms with Crippen molar-refractivity contribution in [3.05, 3.63) is 64.7 Å². The molecule has 1 saturated carbocycles. The van der Waals surface area contributed by atoms with Gasteiger partial charge in [0.25, 0.3) is 11.8 Å². The molecule has 1 fully saturated rings. The molecule has 0 radical (unpaired) electrons. The van der Waals surface area contributed by atoms with Crippen LogP contribution in [-0.2, 0) is 16.6 Å². The Bertz CT molecular complexity index is 1110. The predicted octanol–water partition coefficient (Wildman–Crippen LogP) is 3.67. The maximum absolute atomic E-state index is 12.4. The number of nitrogens with one attached hydrogen (secondary N) is 1. The first-order chi connectivity index (χ1) is 15.8. The molecule has 0 unspecified atom stereocenters. The van der Waals surface area contributed by atoms with Crippen molar-refractivity contribution in [2.45, 2.75) is 45.6 Å². The maximum atomic E-state index is 12.4. The Morgan fingerprint density at radius 3 is 2.36 bits per heavy atom. The average Bonchev–Trinajstić information content (AvgIpc) is 3.60. The molecule has 1 N–H and O–H groups in total. The number of ether oxygens (including phenoxy) is 1. The van der Waals surface area contributed by atoms with E-state index in [2.05, 4.69) is 4.72 Å². The van der Waals surface area contributed by atoms with Crippen LogP contribution in [0.15, 0.2) is 42.5 Å². The SMILES string of the molecule is Cc1ccc(CNS(=O)(=O)CCCCCN2C(=O)c3ccccc3C2=O)cc1OCC1CC1. The Morgan fingerprint density at radius 1 is 1.00 bits per heavy atom. The van der Waals surface area contributed by atoms with Gasteiger partial charge in [0.2, 0.25) is 10.0 Å². The number of aryl methyl sites for hydroxylation is 1. The van der Waals surface area contributed by atoms with Crippen molar-refractivity contribution < 1.29 is 22.7 Å². The molecule has 0 aromatic heterocycles. The van der Waals surface area contributed by atoms with Gasteiger partial charge in [0.05, 0.1) is 23.5 Å². The highest BCUT2D eigenvalue weighted by Crippen LogP contribution is 2.30. The van der Waals surface area contributed by atoms with Crippen molar-refractivity contribution in [3.8, 4) is 5.75 Å². The number of benzene rings is 2. The summed E-state index contributed by atoms with van der Waals surface area (Å²) in [6, 6.07) is 12.6. The molecule has 8 heteroatoms. The third kappa shape index (κ3) is 6.00. The molecule has 1 heterocycles. The van der Waals surface area contributed by atoms with Crippen LogP contribution in [-0.4, -0.2) is 44.0 Å². The van der Waals surface area contributed by atoms with Gasteiger partial charge in [-0.1, -0.05) is 30.7 Å². The minimum atomic E-state index is -3.42. The second-order valence-corrected chi connectivity index (χ2v) is 10.8. The molecule has 1 aliphatic heterocycles. The van der Waals surface area contributed by atoms with E-state index in [0.717, 1.165) is 23.5 Å². The van der Waals surface area contributed by atoms with E-state index in [1.165, 1.54) is 17.7 Å². The van der Waals surface area contributed by atoms with Crippen LogP contribution in [0.1, 0.15) is 63.9 Å². The highest BCUT2D eigenvalue weighted by Gasteiger charge is 2.34. The molecule has 4 rings (SSSR count). The maximum Gasteiger partial charge on any atom is 0.261 e. The first kappa shape index (κ1) is 23.4. The Kier molecular flexibility index (Phi) is 7.14. The van der Waals surface area contributed by atoms with Crippen LogP contribution in [0.3, 0.4) is 0 Å². The van der Waals surface area contributed by atoms with Gasteiger partial charge in [-0.2, -0.15) is 0 Å². The molecule has 2 aliphatic rings. The largest absolute Gasteiger partial charge is 0.493 e. The van der Waals surface area contributed by atoms with E-state index in [1.54, 1.807) is 24.3 Å². The normalized spacial score (nSPS) is 15.7. The Morgan fingerprint density at radius 2 is 1.70 bits per heavy atom. The molecule has 0 bridgehead atoms. The molecule has 33 heavy (non-hydrogen) atoms. The molecule has 0 spiro atoms. The molecule has 1 aliphatic carbocycles. The van der Waals surface area contributed by atoms with Gasteiger partial charge < -0.3 is 4.74 Å². The summed E-state index contributed by atoms with van der Waals surface area (Å²) in [5.41, 5.74) is 2.78. The van der Waals surface area contributed by atoms with Gasteiger partial charge in [0, 0.05) is 13.1 Å². The number of carbonyl (C=O) groups excluding carboxylic acids is 2. The number of hydrogen-bond acceptors (Lipinski definition) is 5. The molecule has 176 valence electrons. The molecule has 0 saturated heterocycles. The lowest BCUT2D eigenvalue weighted by molar-refractivity contribution is 0.0651. The average molecular weight is 471 g/mol. The minimum absolute atomic E-state index is 0.00597. The second-order valence-electron chi connectivity index (χ2n) is 8.86. The summed E-state index contributed by atoms with van der Waals surface area (Å²) in [6.07, 6.45) is 4.08. The summed E-state index contributed by atoms with van der Waals surface area (Å²) in [4.78, 5) is 26.0. The first-order valence-electron chi connectivity index (χ1n) is 11.5. The van der Waals surface area contributed by atoms with Crippen molar-refractivity contribution in [1.82, 2.24) is 9.62 Å². The first-order valence-corrected chi connectivity index (χ1v) is 13.1. The molecule has 2 aromatic rings. The summed E-state index contributed by atoms with van der Waals surface area (Å²) in [5.74, 6) is 0.925. The van der Waals surface area contributed by atoms with Crippen LogP contribution in [0.2, 0.25) is 0 Å². The number of imide groups is 1. The number of unbranched alkanes of at least 4 members (excludes halogenated alkanes) is 2. The van der Waals surface area contributed by atoms with Gasteiger partial charge in [-0.25, -0.2) is 13.1 Å².